The minimum atomic E-state index is -0.323. The van der Waals surface area contributed by atoms with Gasteiger partial charge in [0, 0.05) is 12.8 Å². The Morgan fingerprint density at radius 1 is 1.37 bits per heavy atom. The van der Waals surface area contributed by atoms with Gasteiger partial charge in [-0.3, -0.25) is 9.59 Å². The van der Waals surface area contributed by atoms with Crippen LogP contribution in [-0.4, -0.2) is 30.4 Å². The van der Waals surface area contributed by atoms with Crippen LogP contribution in [0.2, 0.25) is 0 Å². The first-order valence-electron chi connectivity index (χ1n) is 7.10. The van der Waals surface area contributed by atoms with Gasteiger partial charge in [0.1, 0.15) is 6.10 Å². The maximum Gasteiger partial charge on any atom is 0.309 e. The van der Waals surface area contributed by atoms with Crippen molar-refractivity contribution in [2.75, 3.05) is 6.79 Å². The van der Waals surface area contributed by atoms with Gasteiger partial charge in [0.05, 0.1) is 11.5 Å². The van der Waals surface area contributed by atoms with Gasteiger partial charge in [0.25, 0.3) is 0 Å². The lowest BCUT2D eigenvalue weighted by molar-refractivity contribution is -0.192. The summed E-state index contributed by atoms with van der Waals surface area (Å²) < 4.78 is 16.4. The van der Waals surface area contributed by atoms with Gasteiger partial charge in [-0.15, -0.1) is 0 Å². The number of ether oxygens (including phenoxy) is 3. The molecular formula is C14H20O5. The smallest absolute Gasteiger partial charge is 0.309 e. The van der Waals surface area contributed by atoms with E-state index < -0.39 is 0 Å². The molecule has 2 heterocycles. The zero-order valence-corrected chi connectivity index (χ0v) is 11.2. The molecule has 4 aliphatic rings. The van der Waals surface area contributed by atoms with Gasteiger partial charge in [-0.1, -0.05) is 6.92 Å². The van der Waals surface area contributed by atoms with Crippen LogP contribution in [0.1, 0.15) is 45.4 Å². The molecule has 2 aliphatic heterocycles. The lowest BCUT2D eigenvalue weighted by atomic mass is 9.65. The van der Waals surface area contributed by atoms with E-state index in [-0.39, 0.29) is 36.4 Å². The molecule has 2 aliphatic carbocycles. The molecule has 0 radical (unpaired) electrons. The summed E-state index contributed by atoms with van der Waals surface area (Å²) in [6, 6.07) is 0. The van der Waals surface area contributed by atoms with E-state index in [2.05, 4.69) is 0 Å². The topological polar surface area (TPSA) is 61.8 Å². The molecule has 2 saturated carbocycles. The SMILES string of the molecule is CCC(=O)OCOC12CC3CC(C1)OC(=O)C(C3)C2. The van der Waals surface area contributed by atoms with Crippen LogP contribution in [0, 0.1) is 11.8 Å². The molecule has 4 bridgehead atoms. The van der Waals surface area contributed by atoms with Gasteiger partial charge in [0.2, 0.25) is 0 Å². The van der Waals surface area contributed by atoms with Gasteiger partial charge < -0.3 is 14.2 Å². The fraction of sp³-hybridized carbons (Fsp3) is 0.857. The van der Waals surface area contributed by atoms with Crippen molar-refractivity contribution < 1.29 is 23.8 Å². The first kappa shape index (κ1) is 12.9. The Morgan fingerprint density at radius 3 is 3.00 bits per heavy atom. The largest absolute Gasteiger partial charge is 0.462 e. The zero-order chi connectivity index (χ0) is 13.5. The molecule has 5 heteroatoms. The fourth-order valence-electron chi connectivity index (χ4n) is 3.87. The van der Waals surface area contributed by atoms with Crippen molar-refractivity contribution in [3.05, 3.63) is 0 Å². The average Bonchev–Trinajstić information content (AvgIpc) is 2.52. The molecule has 19 heavy (non-hydrogen) atoms. The fourth-order valence-corrected chi connectivity index (χ4v) is 3.87. The van der Waals surface area contributed by atoms with Crippen molar-refractivity contribution in [2.24, 2.45) is 11.8 Å². The third-order valence-corrected chi connectivity index (χ3v) is 4.58. The number of carbonyl (C=O) groups is 2. The van der Waals surface area contributed by atoms with Gasteiger partial charge in [-0.25, -0.2) is 0 Å². The van der Waals surface area contributed by atoms with Crippen molar-refractivity contribution in [1.29, 1.82) is 0 Å². The van der Waals surface area contributed by atoms with Crippen molar-refractivity contribution in [3.8, 4) is 0 Å². The molecular weight excluding hydrogens is 248 g/mol. The Labute approximate surface area is 112 Å². The Bertz CT molecular complexity index is 393. The van der Waals surface area contributed by atoms with Crippen molar-refractivity contribution >= 4 is 11.9 Å². The molecule has 0 aromatic rings. The predicted molar refractivity (Wildman–Crippen MR) is 65.0 cm³/mol. The van der Waals surface area contributed by atoms with Crippen LogP contribution in [-0.2, 0) is 23.8 Å². The monoisotopic (exact) mass is 268 g/mol. The highest BCUT2D eigenvalue weighted by atomic mass is 16.7. The maximum atomic E-state index is 11.9. The lowest BCUT2D eigenvalue weighted by Crippen LogP contribution is -2.47. The van der Waals surface area contributed by atoms with Crippen LogP contribution in [0.5, 0.6) is 0 Å². The first-order valence-corrected chi connectivity index (χ1v) is 7.10. The Kier molecular flexibility index (Phi) is 3.25. The molecule has 0 aromatic carbocycles. The number of hydrogen-bond acceptors (Lipinski definition) is 5. The number of carbonyl (C=O) groups excluding carboxylic acids is 2. The highest BCUT2D eigenvalue weighted by Crippen LogP contribution is 2.51. The average molecular weight is 268 g/mol. The van der Waals surface area contributed by atoms with Crippen LogP contribution in [0.25, 0.3) is 0 Å². The van der Waals surface area contributed by atoms with E-state index in [4.69, 9.17) is 14.2 Å². The third-order valence-electron chi connectivity index (χ3n) is 4.58. The van der Waals surface area contributed by atoms with Gasteiger partial charge in [0.15, 0.2) is 6.79 Å². The van der Waals surface area contributed by atoms with E-state index in [9.17, 15) is 9.59 Å². The number of hydrogen-bond donors (Lipinski definition) is 0. The van der Waals surface area contributed by atoms with E-state index in [1.807, 2.05) is 0 Å². The molecule has 4 fully saturated rings. The normalized spacial score (nSPS) is 39.8. The first-order chi connectivity index (χ1) is 9.10. The summed E-state index contributed by atoms with van der Waals surface area (Å²) in [5.74, 6) is 0.150. The number of rotatable bonds is 4. The predicted octanol–water partition coefficient (Wildman–Crippen LogP) is 1.79. The molecule has 0 N–H and O–H groups in total. The minimum absolute atomic E-state index is 0.00692. The highest BCUT2D eigenvalue weighted by Gasteiger charge is 2.53. The highest BCUT2D eigenvalue weighted by molar-refractivity contribution is 5.73. The maximum absolute atomic E-state index is 11.9. The second kappa shape index (κ2) is 4.78. The van der Waals surface area contributed by atoms with Gasteiger partial charge in [-0.05, 0) is 31.6 Å². The summed E-state index contributed by atoms with van der Waals surface area (Å²) in [5.41, 5.74) is -0.323. The summed E-state index contributed by atoms with van der Waals surface area (Å²) in [6.07, 6.45) is 4.64. The van der Waals surface area contributed by atoms with Crippen molar-refractivity contribution in [3.63, 3.8) is 0 Å². The summed E-state index contributed by atoms with van der Waals surface area (Å²) in [4.78, 5) is 23.0. The second-order valence-electron chi connectivity index (χ2n) is 6.02. The Balaban J connectivity index is 1.67. The third kappa shape index (κ3) is 2.48. The van der Waals surface area contributed by atoms with Gasteiger partial charge >= 0.3 is 11.9 Å². The standard InChI is InChI=1S/C14H20O5/c1-2-12(15)17-8-18-14-5-9-3-10(6-14)13(16)19-11(4-9)7-14/h9-11H,2-8H2,1H3. The molecule has 4 atom stereocenters. The number of fused-ring (bicyclic) bond motifs is 1. The molecule has 5 nitrogen and oxygen atoms in total. The van der Waals surface area contributed by atoms with Crippen LogP contribution < -0.4 is 0 Å². The molecule has 4 unspecified atom stereocenters. The quantitative estimate of drug-likeness (QED) is 0.574. The van der Waals surface area contributed by atoms with Crippen molar-refractivity contribution in [2.45, 2.75) is 57.2 Å². The van der Waals surface area contributed by atoms with E-state index in [1.54, 1.807) is 6.92 Å². The van der Waals surface area contributed by atoms with Crippen LogP contribution >= 0.6 is 0 Å². The molecule has 4 rings (SSSR count). The van der Waals surface area contributed by atoms with Crippen LogP contribution in [0.4, 0.5) is 0 Å². The summed E-state index contributed by atoms with van der Waals surface area (Å²) in [6.45, 7) is 1.75. The van der Waals surface area contributed by atoms with E-state index in [0.29, 0.717) is 18.8 Å². The van der Waals surface area contributed by atoms with E-state index >= 15 is 0 Å². The summed E-state index contributed by atoms with van der Waals surface area (Å²) in [7, 11) is 0. The summed E-state index contributed by atoms with van der Waals surface area (Å²) >= 11 is 0. The Morgan fingerprint density at radius 2 is 2.21 bits per heavy atom. The van der Waals surface area contributed by atoms with Crippen LogP contribution in [0.3, 0.4) is 0 Å². The van der Waals surface area contributed by atoms with Gasteiger partial charge in [-0.2, -0.15) is 0 Å². The van der Waals surface area contributed by atoms with Crippen LogP contribution in [0.15, 0.2) is 0 Å². The molecule has 106 valence electrons. The molecule has 0 amide bonds. The second-order valence-corrected chi connectivity index (χ2v) is 6.02. The van der Waals surface area contributed by atoms with Crippen molar-refractivity contribution in [1.82, 2.24) is 0 Å². The number of esters is 2. The lowest BCUT2D eigenvalue weighted by Gasteiger charge is -2.45. The molecule has 0 aromatic heterocycles. The molecule has 2 saturated heterocycles. The van der Waals surface area contributed by atoms with E-state index in [1.165, 1.54) is 0 Å². The minimum Gasteiger partial charge on any atom is -0.462 e. The molecule has 0 spiro atoms. The Hall–Kier alpha value is -1.10. The van der Waals surface area contributed by atoms with E-state index in [0.717, 1.165) is 25.7 Å². The summed E-state index contributed by atoms with van der Waals surface area (Å²) in [5, 5.41) is 0. The zero-order valence-electron chi connectivity index (χ0n) is 11.2.